The Morgan fingerprint density at radius 3 is 3.06 bits per heavy atom. The van der Waals surface area contributed by atoms with Crippen LogP contribution in [0.5, 0.6) is 0 Å². The van der Waals surface area contributed by atoms with E-state index in [1.165, 1.54) is 0 Å². The molecule has 3 unspecified atom stereocenters. The van der Waals surface area contributed by atoms with Crippen LogP contribution in [0, 0.1) is 11.3 Å². The van der Waals surface area contributed by atoms with E-state index in [-0.39, 0.29) is 11.3 Å². The third kappa shape index (κ3) is 2.31. The first-order valence-electron chi connectivity index (χ1n) is 5.31. The van der Waals surface area contributed by atoms with Gasteiger partial charge in [0.2, 0.25) is 0 Å². The van der Waals surface area contributed by atoms with E-state index in [1.54, 1.807) is 6.07 Å². The molecule has 16 heavy (non-hydrogen) atoms. The van der Waals surface area contributed by atoms with Crippen molar-refractivity contribution in [3.63, 3.8) is 0 Å². The lowest BCUT2D eigenvalue weighted by Crippen LogP contribution is -2.41. The number of benzene rings is 1. The molecule has 1 aliphatic heterocycles. The summed E-state index contributed by atoms with van der Waals surface area (Å²) in [6.07, 6.45) is 0. The van der Waals surface area contributed by atoms with Crippen molar-refractivity contribution in [3.8, 4) is 6.07 Å². The zero-order valence-corrected chi connectivity index (χ0v) is 9.96. The molecule has 1 aliphatic rings. The third-order valence-corrected chi connectivity index (χ3v) is 4.58. The Hall–Kier alpha value is -1.18. The van der Waals surface area contributed by atoms with Gasteiger partial charge in [0.05, 0.1) is 11.6 Å². The Morgan fingerprint density at radius 1 is 1.56 bits per heavy atom. The SMILES string of the molecule is CC1CNC(c2cccc(C#N)c2)CS1=O. The molecule has 0 aliphatic carbocycles. The molecule has 0 saturated carbocycles. The number of hydrogen-bond donors (Lipinski definition) is 1. The summed E-state index contributed by atoms with van der Waals surface area (Å²) in [7, 11) is -0.769. The maximum Gasteiger partial charge on any atom is 0.0991 e. The van der Waals surface area contributed by atoms with Crippen molar-refractivity contribution < 1.29 is 4.21 Å². The number of nitrogens with zero attached hydrogens (tertiary/aromatic N) is 1. The molecule has 0 radical (unpaired) electrons. The van der Waals surface area contributed by atoms with Crippen molar-refractivity contribution in [1.29, 1.82) is 5.26 Å². The fraction of sp³-hybridized carbons (Fsp3) is 0.417. The molecule has 84 valence electrons. The van der Waals surface area contributed by atoms with E-state index in [1.807, 2.05) is 25.1 Å². The molecule has 1 N–H and O–H groups in total. The van der Waals surface area contributed by atoms with E-state index >= 15 is 0 Å². The number of rotatable bonds is 1. The second-order valence-corrected chi connectivity index (χ2v) is 5.96. The number of nitriles is 1. The lowest BCUT2D eigenvalue weighted by Gasteiger charge is -2.27. The van der Waals surface area contributed by atoms with Gasteiger partial charge in [0.15, 0.2) is 0 Å². The average molecular weight is 234 g/mol. The fourth-order valence-corrected chi connectivity index (χ4v) is 3.08. The highest BCUT2D eigenvalue weighted by molar-refractivity contribution is 7.85. The summed E-state index contributed by atoms with van der Waals surface area (Å²) in [5.41, 5.74) is 1.71. The van der Waals surface area contributed by atoms with Crippen LogP contribution in [-0.4, -0.2) is 21.8 Å². The van der Waals surface area contributed by atoms with Gasteiger partial charge in [-0.25, -0.2) is 0 Å². The van der Waals surface area contributed by atoms with E-state index in [0.29, 0.717) is 11.3 Å². The van der Waals surface area contributed by atoms with Gasteiger partial charge in [0, 0.05) is 34.4 Å². The molecule has 1 aromatic carbocycles. The standard InChI is InChI=1S/C12H14N2OS/c1-9-7-14-12(8-16(9)15)11-4-2-3-10(5-11)6-13/h2-5,9,12,14H,7-8H2,1H3. The summed E-state index contributed by atoms with van der Waals surface area (Å²) >= 11 is 0. The lowest BCUT2D eigenvalue weighted by atomic mass is 10.1. The van der Waals surface area contributed by atoms with Gasteiger partial charge in [-0.15, -0.1) is 0 Å². The van der Waals surface area contributed by atoms with E-state index in [4.69, 9.17) is 5.26 Å². The van der Waals surface area contributed by atoms with Gasteiger partial charge in [0.1, 0.15) is 0 Å². The molecular formula is C12H14N2OS. The van der Waals surface area contributed by atoms with Gasteiger partial charge < -0.3 is 5.32 Å². The topological polar surface area (TPSA) is 52.9 Å². The van der Waals surface area contributed by atoms with Crippen LogP contribution in [0.25, 0.3) is 0 Å². The Labute approximate surface area is 97.9 Å². The van der Waals surface area contributed by atoms with Crippen LogP contribution in [0.4, 0.5) is 0 Å². The Kier molecular flexibility index (Phi) is 3.37. The number of nitrogens with one attached hydrogen (secondary N) is 1. The van der Waals surface area contributed by atoms with E-state index in [9.17, 15) is 4.21 Å². The molecule has 0 spiro atoms. The van der Waals surface area contributed by atoms with Gasteiger partial charge in [-0.05, 0) is 24.6 Å². The van der Waals surface area contributed by atoms with E-state index in [0.717, 1.165) is 12.1 Å². The average Bonchev–Trinajstić information content (AvgIpc) is 2.33. The monoisotopic (exact) mass is 234 g/mol. The third-order valence-electron chi connectivity index (χ3n) is 2.85. The summed E-state index contributed by atoms with van der Waals surface area (Å²) in [4.78, 5) is 0. The second kappa shape index (κ2) is 4.77. The molecule has 1 aromatic rings. The molecule has 4 heteroatoms. The van der Waals surface area contributed by atoms with Crippen LogP contribution in [0.2, 0.25) is 0 Å². The van der Waals surface area contributed by atoms with Gasteiger partial charge in [0.25, 0.3) is 0 Å². The molecule has 1 heterocycles. The van der Waals surface area contributed by atoms with Crippen LogP contribution in [0.1, 0.15) is 24.1 Å². The largest absolute Gasteiger partial charge is 0.308 e. The normalized spacial score (nSPS) is 29.6. The first-order valence-corrected chi connectivity index (χ1v) is 6.69. The molecule has 1 saturated heterocycles. The van der Waals surface area contributed by atoms with Crippen LogP contribution in [-0.2, 0) is 10.8 Å². The summed E-state index contributed by atoms with van der Waals surface area (Å²) in [6, 6.07) is 9.74. The second-order valence-electron chi connectivity index (χ2n) is 4.06. The summed E-state index contributed by atoms with van der Waals surface area (Å²) < 4.78 is 11.7. The first-order chi connectivity index (χ1) is 7.70. The van der Waals surface area contributed by atoms with Gasteiger partial charge in [-0.1, -0.05) is 12.1 Å². The van der Waals surface area contributed by atoms with Crippen LogP contribution in [0.3, 0.4) is 0 Å². The van der Waals surface area contributed by atoms with Crippen LogP contribution in [0.15, 0.2) is 24.3 Å². The van der Waals surface area contributed by atoms with Crippen molar-refractivity contribution in [3.05, 3.63) is 35.4 Å². The smallest absolute Gasteiger partial charge is 0.0991 e. The summed E-state index contributed by atoms with van der Waals surface area (Å²) in [6.45, 7) is 2.76. The first kappa shape index (κ1) is 11.3. The number of hydrogen-bond acceptors (Lipinski definition) is 3. The Bertz CT molecular complexity index is 453. The zero-order valence-electron chi connectivity index (χ0n) is 9.14. The van der Waals surface area contributed by atoms with Crippen molar-refractivity contribution in [2.75, 3.05) is 12.3 Å². The summed E-state index contributed by atoms with van der Waals surface area (Å²) in [5.74, 6) is 0.635. The minimum atomic E-state index is -0.769. The van der Waals surface area contributed by atoms with Crippen molar-refractivity contribution in [1.82, 2.24) is 5.32 Å². The molecule has 0 bridgehead atoms. The van der Waals surface area contributed by atoms with Crippen molar-refractivity contribution in [2.45, 2.75) is 18.2 Å². The minimum absolute atomic E-state index is 0.116. The van der Waals surface area contributed by atoms with Gasteiger partial charge in [-0.2, -0.15) is 5.26 Å². The highest BCUT2D eigenvalue weighted by Crippen LogP contribution is 2.20. The molecular weight excluding hydrogens is 220 g/mol. The van der Waals surface area contributed by atoms with Crippen molar-refractivity contribution >= 4 is 10.8 Å². The fourth-order valence-electron chi connectivity index (χ4n) is 1.83. The Balaban J connectivity index is 2.19. The predicted molar refractivity (Wildman–Crippen MR) is 64.4 cm³/mol. The zero-order chi connectivity index (χ0) is 11.5. The molecule has 0 amide bonds. The molecule has 2 rings (SSSR count). The van der Waals surface area contributed by atoms with Crippen LogP contribution >= 0.6 is 0 Å². The lowest BCUT2D eigenvalue weighted by molar-refractivity contribution is 0.540. The molecule has 3 atom stereocenters. The maximum atomic E-state index is 11.7. The minimum Gasteiger partial charge on any atom is -0.308 e. The molecule has 0 aromatic heterocycles. The predicted octanol–water partition coefficient (Wildman–Crippen LogP) is 1.34. The van der Waals surface area contributed by atoms with Crippen LogP contribution < -0.4 is 5.32 Å². The Morgan fingerprint density at radius 2 is 2.38 bits per heavy atom. The summed E-state index contributed by atoms with van der Waals surface area (Å²) in [5, 5.41) is 12.4. The molecule has 3 nitrogen and oxygen atoms in total. The van der Waals surface area contributed by atoms with Crippen molar-refractivity contribution in [2.24, 2.45) is 0 Å². The van der Waals surface area contributed by atoms with Gasteiger partial charge in [-0.3, -0.25) is 4.21 Å². The maximum absolute atomic E-state index is 11.7. The van der Waals surface area contributed by atoms with E-state index < -0.39 is 10.8 Å². The highest BCUT2D eigenvalue weighted by Gasteiger charge is 2.24. The highest BCUT2D eigenvalue weighted by atomic mass is 32.2. The quantitative estimate of drug-likeness (QED) is 0.797. The molecule has 1 fully saturated rings. The van der Waals surface area contributed by atoms with E-state index in [2.05, 4.69) is 11.4 Å². The van der Waals surface area contributed by atoms with Gasteiger partial charge >= 0.3 is 0 Å².